The van der Waals surface area contributed by atoms with E-state index in [9.17, 15) is 14.7 Å². The standard InChI is InChI=1S/C25H30N2O6/c1-26(2)12-9-13-27-21(17-14-18(31-3)24(33-5)19(15-17)32-4)20(23(29)25(27)30)22(28)16-10-7-6-8-11-16/h6-8,10-11,14-15,21,28H,9,12-13H2,1-5H3/b22-20-. The van der Waals surface area contributed by atoms with E-state index in [-0.39, 0.29) is 11.3 Å². The lowest BCUT2D eigenvalue weighted by Gasteiger charge is -2.27. The molecule has 0 spiro atoms. The molecule has 1 saturated heterocycles. The molecule has 176 valence electrons. The maximum Gasteiger partial charge on any atom is 0.295 e. The zero-order valence-electron chi connectivity index (χ0n) is 19.6. The van der Waals surface area contributed by atoms with Crippen molar-refractivity contribution in [3.05, 3.63) is 59.2 Å². The Morgan fingerprint density at radius 2 is 1.61 bits per heavy atom. The van der Waals surface area contributed by atoms with E-state index in [1.54, 1.807) is 36.4 Å². The van der Waals surface area contributed by atoms with Gasteiger partial charge in [0.25, 0.3) is 11.7 Å². The molecule has 0 bridgehead atoms. The van der Waals surface area contributed by atoms with E-state index in [0.29, 0.717) is 41.3 Å². The summed E-state index contributed by atoms with van der Waals surface area (Å²) in [5.74, 6) is -0.403. The first-order chi connectivity index (χ1) is 15.8. The van der Waals surface area contributed by atoms with Crippen LogP contribution in [0.3, 0.4) is 0 Å². The van der Waals surface area contributed by atoms with Gasteiger partial charge >= 0.3 is 0 Å². The molecule has 3 rings (SSSR count). The van der Waals surface area contributed by atoms with Gasteiger partial charge in [-0.15, -0.1) is 0 Å². The number of methoxy groups -OCH3 is 3. The van der Waals surface area contributed by atoms with Crippen molar-refractivity contribution in [3.63, 3.8) is 0 Å². The number of ketones is 1. The number of Topliss-reactive ketones (excluding diaryl/α,β-unsaturated/α-hetero) is 1. The predicted octanol–water partition coefficient (Wildman–Crippen LogP) is 3.09. The summed E-state index contributed by atoms with van der Waals surface area (Å²) in [6, 6.07) is 11.3. The average molecular weight is 455 g/mol. The Labute approximate surface area is 194 Å². The molecule has 0 aromatic heterocycles. The maximum absolute atomic E-state index is 13.1. The first kappa shape index (κ1) is 24.1. The van der Waals surface area contributed by atoms with Crippen LogP contribution in [0.5, 0.6) is 17.2 Å². The highest BCUT2D eigenvalue weighted by Gasteiger charge is 2.46. The van der Waals surface area contributed by atoms with Crippen molar-refractivity contribution in [3.8, 4) is 17.2 Å². The lowest BCUT2D eigenvalue weighted by Crippen LogP contribution is -2.32. The molecule has 0 radical (unpaired) electrons. The smallest absolute Gasteiger partial charge is 0.295 e. The highest BCUT2D eigenvalue weighted by Crippen LogP contribution is 2.45. The van der Waals surface area contributed by atoms with Crippen LogP contribution < -0.4 is 14.2 Å². The van der Waals surface area contributed by atoms with Gasteiger partial charge in [-0.25, -0.2) is 0 Å². The topological polar surface area (TPSA) is 88.5 Å². The van der Waals surface area contributed by atoms with Crippen LogP contribution in [-0.4, -0.2) is 75.1 Å². The normalized spacial score (nSPS) is 17.5. The number of carbonyl (C=O) groups excluding carboxylic acids is 2. The molecule has 2 aromatic carbocycles. The van der Waals surface area contributed by atoms with Crippen LogP contribution in [0.1, 0.15) is 23.6 Å². The number of aliphatic hydroxyl groups excluding tert-OH is 1. The van der Waals surface area contributed by atoms with Crippen LogP contribution in [0, 0.1) is 0 Å². The van der Waals surface area contributed by atoms with E-state index in [1.165, 1.54) is 26.2 Å². The van der Waals surface area contributed by atoms with E-state index < -0.39 is 17.7 Å². The summed E-state index contributed by atoms with van der Waals surface area (Å²) in [5.41, 5.74) is 1.07. The third-order valence-electron chi connectivity index (χ3n) is 5.59. The molecule has 0 saturated carbocycles. The van der Waals surface area contributed by atoms with Crippen molar-refractivity contribution < 1.29 is 28.9 Å². The van der Waals surface area contributed by atoms with E-state index in [0.717, 1.165) is 6.54 Å². The monoisotopic (exact) mass is 454 g/mol. The minimum atomic E-state index is -0.805. The summed E-state index contributed by atoms with van der Waals surface area (Å²) >= 11 is 0. The molecule has 33 heavy (non-hydrogen) atoms. The number of hydrogen-bond donors (Lipinski definition) is 1. The number of carbonyl (C=O) groups is 2. The second-order valence-corrected chi connectivity index (χ2v) is 7.97. The molecule has 1 atom stereocenters. The van der Waals surface area contributed by atoms with Crippen molar-refractivity contribution in [1.29, 1.82) is 0 Å². The zero-order chi connectivity index (χ0) is 24.1. The van der Waals surface area contributed by atoms with Crippen LogP contribution in [0.4, 0.5) is 0 Å². The Bertz CT molecular complexity index is 1020. The molecule has 1 aliphatic rings. The van der Waals surface area contributed by atoms with E-state index in [1.807, 2.05) is 25.1 Å². The number of hydrogen-bond acceptors (Lipinski definition) is 7. The first-order valence-electron chi connectivity index (χ1n) is 10.6. The average Bonchev–Trinajstić information content (AvgIpc) is 3.07. The SMILES string of the molecule is COc1cc(C2/C(=C(/O)c3ccccc3)C(=O)C(=O)N2CCCN(C)C)cc(OC)c1OC. The molecule has 0 aliphatic carbocycles. The van der Waals surface area contributed by atoms with Crippen molar-refractivity contribution in [1.82, 2.24) is 9.80 Å². The van der Waals surface area contributed by atoms with Gasteiger partial charge in [0, 0.05) is 12.1 Å². The second-order valence-electron chi connectivity index (χ2n) is 7.97. The van der Waals surface area contributed by atoms with Crippen LogP contribution in [-0.2, 0) is 9.59 Å². The van der Waals surface area contributed by atoms with Gasteiger partial charge in [-0.05, 0) is 44.8 Å². The lowest BCUT2D eigenvalue weighted by atomic mass is 9.94. The van der Waals surface area contributed by atoms with Crippen molar-refractivity contribution >= 4 is 17.4 Å². The van der Waals surface area contributed by atoms with Gasteiger partial charge in [0.1, 0.15) is 5.76 Å². The van der Waals surface area contributed by atoms with E-state index in [2.05, 4.69) is 0 Å². The summed E-state index contributed by atoms with van der Waals surface area (Å²) < 4.78 is 16.4. The number of aliphatic hydroxyl groups is 1. The third kappa shape index (κ3) is 4.80. The third-order valence-corrected chi connectivity index (χ3v) is 5.59. The molecule has 1 N–H and O–H groups in total. The van der Waals surface area contributed by atoms with Crippen molar-refractivity contribution in [2.75, 3.05) is 48.5 Å². The minimum Gasteiger partial charge on any atom is -0.507 e. The van der Waals surface area contributed by atoms with E-state index >= 15 is 0 Å². The Balaban J connectivity index is 2.20. The Morgan fingerprint density at radius 1 is 1.00 bits per heavy atom. The van der Waals surface area contributed by atoms with Crippen LogP contribution >= 0.6 is 0 Å². The highest BCUT2D eigenvalue weighted by molar-refractivity contribution is 6.46. The number of ether oxygens (including phenoxy) is 3. The molecule has 1 fully saturated rings. The fourth-order valence-electron chi connectivity index (χ4n) is 4.03. The molecule has 1 amide bonds. The summed E-state index contributed by atoms with van der Waals surface area (Å²) in [4.78, 5) is 29.7. The quantitative estimate of drug-likeness (QED) is 0.354. The molecule has 8 heteroatoms. The number of likely N-dealkylation sites (tertiary alicyclic amines) is 1. The number of nitrogens with zero attached hydrogens (tertiary/aromatic N) is 2. The lowest BCUT2D eigenvalue weighted by molar-refractivity contribution is -0.139. The molecule has 1 unspecified atom stereocenters. The zero-order valence-corrected chi connectivity index (χ0v) is 19.6. The largest absolute Gasteiger partial charge is 0.507 e. The first-order valence-corrected chi connectivity index (χ1v) is 10.6. The summed E-state index contributed by atoms with van der Waals surface area (Å²) in [5, 5.41) is 11.1. The maximum atomic E-state index is 13.1. The Kier molecular flexibility index (Phi) is 7.60. The Hall–Kier alpha value is -3.52. The predicted molar refractivity (Wildman–Crippen MR) is 125 cm³/mol. The van der Waals surface area contributed by atoms with Gasteiger partial charge in [-0.2, -0.15) is 0 Å². The highest BCUT2D eigenvalue weighted by atomic mass is 16.5. The Morgan fingerprint density at radius 3 is 2.12 bits per heavy atom. The van der Waals surface area contributed by atoms with Crippen LogP contribution in [0.2, 0.25) is 0 Å². The summed E-state index contributed by atoms with van der Waals surface area (Å²) in [6.45, 7) is 1.08. The molecule has 1 aliphatic heterocycles. The minimum absolute atomic E-state index is 0.0327. The fraction of sp³-hybridized carbons (Fsp3) is 0.360. The van der Waals surface area contributed by atoms with Crippen LogP contribution in [0.15, 0.2) is 48.0 Å². The fourth-order valence-corrected chi connectivity index (χ4v) is 4.03. The van der Waals surface area contributed by atoms with Crippen molar-refractivity contribution in [2.24, 2.45) is 0 Å². The molecular weight excluding hydrogens is 424 g/mol. The number of amides is 1. The molecule has 8 nitrogen and oxygen atoms in total. The van der Waals surface area contributed by atoms with Gasteiger partial charge in [0.15, 0.2) is 11.5 Å². The van der Waals surface area contributed by atoms with Crippen LogP contribution in [0.25, 0.3) is 5.76 Å². The van der Waals surface area contributed by atoms with Gasteiger partial charge in [-0.1, -0.05) is 30.3 Å². The van der Waals surface area contributed by atoms with Crippen molar-refractivity contribution in [2.45, 2.75) is 12.5 Å². The van der Waals surface area contributed by atoms with Gasteiger partial charge in [-0.3, -0.25) is 9.59 Å². The second kappa shape index (κ2) is 10.4. The summed E-state index contributed by atoms with van der Waals surface area (Å²) in [6.07, 6.45) is 0.659. The van der Waals surface area contributed by atoms with Gasteiger partial charge < -0.3 is 29.1 Å². The van der Waals surface area contributed by atoms with Gasteiger partial charge in [0.2, 0.25) is 5.75 Å². The molecule has 1 heterocycles. The molecule has 2 aromatic rings. The van der Waals surface area contributed by atoms with E-state index in [4.69, 9.17) is 14.2 Å². The number of benzene rings is 2. The number of rotatable bonds is 9. The molecular formula is C25H30N2O6. The summed E-state index contributed by atoms with van der Waals surface area (Å²) in [7, 11) is 8.39. The van der Waals surface area contributed by atoms with Gasteiger partial charge in [0.05, 0.1) is 32.9 Å².